The van der Waals surface area contributed by atoms with Crippen LogP contribution in [-0.2, 0) is 27.6 Å². The van der Waals surface area contributed by atoms with Crippen LogP contribution in [0.1, 0.15) is 11.1 Å². The minimum atomic E-state index is -4.95. The van der Waals surface area contributed by atoms with Crippen LogP contribution in [0.2, 0.25) is 0 Å². The molecule has 1 amide bonds. The Morgan fingerprint density at radius 3 is 2.50 bits per heavy atom. The van der Waals surface area contributed by atoms with Gasteiger partial charge < -0.3 is 4.90 Å². The van der Waals surface area contributed by atoms with Gasteiger partial charge in [-0.15, -0.1) is 0 Å². The van der Waals surface area contributed by atoms with Crippen molar-refractivity contribution in [3.63, 3.8) is 0 Å². The van der Waals surface area contributed by atoms with Crippen molar-refractivity contribution in [2.24, 2.45) is 0 Å². The van der Waals surface area contributed by atoms with E-state index in [0.29, 0.717) is 10.5 Å². The lowest BCUT2D eigenvalue weighted by molar-refractivity contribution is -0.186. The molecule has 0 spiro atoms. The smallest absolute Gasteiger partial charge is 0.330 e. The Kier molecular flexibility index (Phi) is 3.53. The molecule has 0 aliphatic carbocycles. The van der Waals surface area contributed by atoms with Crippen molar-refractivity contribution in [2.75, 3.05) is 12.8 Å². The van der Waals surface area contributed by atoms with Crippen LogP contribution in [0, 0.1) is 0 Å². The molecule has 4 nitrogen and oxygen atoms in total. The molecule has 0 N–H and O–H groups in total. The van der Waals surface area contributed by atoms with Gasteiger partial charge in [0, 0.05) is 19.3 Å². The number of benzene rings is 1. The zero-order valence-corrected chi connectivity index (χ0v) is 11.4. The molecule has 0 aromatic heterocycles. The molecule has 0 atom stereocenters. The molecule has 0 saturated carbocycles. The molecule has 1 aromatic carbocycles. The van der Waals surface area contributed by atoms with Crippen LogP contribution in [0.15, 0.2) is 23.1 Å². The van der Waals surface area contributed by atoms with E-state index in [4.69, 9.17) is 0 Å². The first-order valence-electron chi connectivity index (χ1n) is 5.77. The number of hydrogen-bond acceptors (Lipinski definition) is 3. The lowest BCUT2D eigenvalue weighted by Gasteiger charge is -2.30. The number of nitrogens with zero attached hydrogens (tertiary/aromatic N) is 1. The molecule has 0 fully saturated rings. The van der Waals surface area contributed by atoms with E-state index >= 15 is 0 Å². The van der Waals surface area contributed by atoms with Gasteiger partial charge in [0.05, 0.1) is 4.90 Å². The Bertz CT molecular complexity index is 652. The largest absolute Gasteiger partial charge is 0.471 e. The highest BCUT2D eigenvalue weighted by Crippen LogP contribution is 2.28. The lowest BCUT2D eigenvalue weighted by atomic mass is 10.00. The minimum Gasteiger partial charge on any atom is -0.330 e. The molecule has 0 radical (unpaired) electrons. The summed E-state index contributed by atoms with van der Waals surface area (Å²) in [5.74, 6) is -1.94. The monoisotopic (exact) mass is 307 g/mol. The third-order valence-corrected chi connectivity index (χ3v) is 4.34. The first kappa shape index (κ1) is 14.8. The maximum absolute atomic E-state index is 12.4. The normalized spacial score (nSPS) is 15.9. The van der Waals surface area contributed by atoms with Gasteiger partial charge in [-0.2, -0.15) is 13.2 Å². The molecular weight excluding hydrogens is 295 g/mol. The highest BCUT2D eigenvalue weighted by molar-refractivity contribution is 7.90. The van der Waals surface area contributed by atoms with Gasteiger partial charge in [0.1, 0.15) is 0 Å². The fraction of sp³-hybridized carbons (Fsp3) is 0.417. The van der Waals surface area contributed by atoms with E-state index in [9.17, 15) is 26.4 Å². The van der Waals surface area contributed by atoms with Crippen molar-refractivity contribution in [1.29, 1.82) is 0 Å². The summed E-state index contributed by atoms with van der Waals surface area (Å²) < 4.78 is 60.6. The van der Waals surface area contributed by atoms with Crippen LogP contribution in [0.25, 0.3) is 0 Å². The van der Waals surface area contributed by atoms with E-state index in [1.807, 2.05) is 0 Å². The third-order valence-electron chi connectivity index (χ3n) is 3.16. The third kappa shape index (κ3) is 2.79. The van der Waals surface area contributed by atoms with Crippen LogP contribution in [0.5, 0.6) is 0 Å². The average Bonchev–Trinajstić information content (AvgIpc) is 2.34. The second-order valence-corrected chi connectivity index (χ2v) is 6.62. The molecule has 0 unspecified atom stereocenters. The number of fused-ring (bicyclic) bond motifs is 1. The van der Waals surface area contributed by atoms with E-state index in [0.717, 1.165) is 6.26 Å². The summed E-state index contributed by atoms with van der Waals surface area (Å²) in [4.78, 5) is 11.9. The number of hydrogen-bond donors (Lipinski definition) is 0. The quantitative estimate of drug-likeness (QED) is 0.791. The van der Waals surface area contributed by atoms with Crippen molar-refractivity contribution >= 4 is 15.7 Å². The van der Waals surface area contributed by atoms with E-state index in [-0.39, 0.29) is 30.0 Å². The van der Waals surface area contributed by atoms with Gasteiger partial charge in [-0.1, -0.05) is 12.1 Å². The Balaban J connectivity index is 2.41. The molecule has 110 valence electrons. The van der Waals surface area contributed by atoms with Gasteiger partial charge in [0.2, 0.25) is 0 Å². The Morgan fingerprint density at radius 1 is 1.30 bits per heavy atom. The Labute approximate surface area is 114 Å². The second-order valence-electron chi connectivity index (χ2n) is 4.64. The molecule has 20 heavy (non-hydrogen) atoms. The van der Waals surface area contributed by atoms with E-state index in [1.165, 1.54) is 6.07 Å². The zero-order chi connectivity index (χ0) is 15.1. The summed E-state index contributed by atoms with van der Waals surface area (Å²) in [5, 5.41) is 0. The number of rotatable bonds is 1. The van der Waals surface area contributed by atoms with Crippen LogP contribution in [0.3, 0.4) is 0 Å². The molecule has 1 heterocycles. The average molecular weight is 307 g/mol. The van der Waals surface area contributed by atoms with Crippen LogP contribution >= 0.6 is 0 Å². The second kappa shape index (κ2) is 4.76. The van der Waals surface area contributed by atoms with Gasteiger partial charge in [-0.05, 0) is 23.6 Å². The number of carbonyl (C=O) groups excluding carboxylic acids is 1. The number of amides is 1. The van der Waals surface area contributed by atoms with Crippen molar-refractivity contribution in [3.05, 3.63) is 29.3 Å². The van der Waals surface area contributed by atoms with Crippen molar-refractivity contribution < 1.29 is 26.4 Å². The lowest BCUT2D eigenvalue weighted by Crippen LogP contribution is -2.44. The summed E-state index contributed by atoms with van der Waals surface area (Å²) in [6.07, 6.45) is -3.74. The number of halogens is 3. The fourth-order valence-corrected chi connectivity index (χ4v) is 3.22. The topological polar surface area (TPSA) is 54.5 Å². The van der Waals surface area contributed by atoms with Gasteiger partial charge in [-0.25, -0.2) is 8.42 Å². The first-order valence-corrected chi connectivity index (χ1v) is 7.67. The Hall–Kier alpha value is -1.57. The summed E-state index contributed by atoms with van der Waals surface area (Å²) in [6, 6.07) is 4.56. The van der Waals surface area contributed by atoms with Gasteiger partial charge in [-0.3, -0.25) is 4.79 Å². The molecule has 0 saturated heterocycles. The Morgan fingerprint density at radius 2 is 1.95 bits per heavy atom. The van der Waals surface area contributed by atoms with Crippen molar-refractivity contribution in [3.8, 4) is 0 Å². The number of alkyl halides is 3. The summed E-state index contributed by atoms with van der Waals surface area (Å²) in [7, 11) is -3.55. The number of sulfone groups is 1. The SMILES string of the molecule is CS(=O)(=O)c1cccc2c1CN(C(=O)C(F)(F)F)CC2. The van der Waals surface area contributed by atoms with Crippen LogP contribution in [0.4, 0.5) is 13.2 Å². The van der Waals surface area contributed by atoms with Gasteiger partial charge in [0.25, 0.3) is 0 Å². The molecule has 0 bridgehead atoms. The van der Waals surface area contributed by atoms with Crippen LogP contribution in [-0.4, -0.2) is 38.2 Å². The van der Waals surface area contributed by atoms with Crippen molar-refractivity contribution in [2.45, 2.75) is 24.0 Å². The predicted octanol–water partition coefficient (Wildman–Crippen LogP) is 1.54. The molecular formula is C12H12F3NO3S. The predicted molar refractivity (Wildman–Crippen MR) is 64.7 cm³/mol. The van der Waals surface area contributed by atoms with Gasteiger partial charge >= 0.3 is 12.1 Å². The summed E-state index contributed by atoms with van der Waals surface area (Å²) in [6.45, 7) is -0.407. The highest BCUT2D eigenvalue weighted by atomic mass is 32.2. The van der Waals surface area contributed by atoms with Gasteiger partial charge in [0.15, 0.2) is 9.84 Å². The maximum Gasteiger partial charge on any atom is 0.471 e. The van der Waals surface area contributed by atoms with E-state index in [2.05, 4.69) is 0 Å². The summed E-state index contributed by atoms with van der Waals surface area (Å²) >= 11 is 0. The van der Waals surface area contributed by atoms with Crippen molar-refractivity contribution in [1.82, 2.24) is 4.90 Å². The summed E-state index contributed by atoms with van der Waals surface area (Å²) in [5.41, 5.74) is 0.943. The fourth-order valence-electron chi connectivity index (χ4n) is 2.25. The number of carbonyl (C=O) groups is 1. The van der Waals surface area contributed by atoms with Crippen LogP contribution < -0.4 is 0 Å². The molecule has 1 aliphatic rings. The molecule has 8 heteroatoms. The van der Waals surface area contributed by atoms with E-state index < -0.39 is 21.9 Å². The maximum atomic E-state index is 12.4. The highest BCUT2D eigenvalue weighted by Gasteiger charge is 2.43. The first-order chi connectivity index (χ1) is 9.10. The van der Waals surface area contributed by atoms with E-state index in [1.54, 1.807) is 12.1 Å². The standard InChI is InChI=1S/C12H12F3NO3S/c1-20(18,19)10-4-2-3-8-5-6-16(7-9(8)10)11(17)12(13,14)15/h2-4H,5-7H2,1H3. The molecule has 1 aromatic rings. The molecule has 1 aliphatic heterocycles. The molecule has 2 rings (SSSR count). The zero-order valence-electron chi connectivity index (χ0n) is 10.6. The minimum absolute atomic E-state index is 0.0188.